The first-order valence-corrected chi connectivity index (χ1v) is 8.87. The SMILES string of the molecule is Cc1nc(NC(=O)c2n[nH]c(=O)c3ccccc23)cc(-c2ccccc2)c1C. The minimum atomic E-state index is -0.429. The summed E-state index contributed by atoms with van der Waals surface area (Å²) in [6.45, 7) is 3.92. The van der Waals surface area contributed by atoms with Gasteiger partial charge in [-0.25, -0.2) is 10.1 Å². The zero-order chi connectivity index (χ0) is 19.7. The third kappa shape index (κ3) is 3.16. The average molecular weight is 370 g/mol. The monoisotopic (exact) mass is 370 g/mol. The molecule has 0 aliphatic carbocycles. The Labute approximate surface area is 161 Å². The second kappa shape index (κ2) is 7.08. The second-order valence-corrected chi connectivity index (χ2v) is 6.53. The molecular weight excluding hydrogens is 352 g/mol. The lowest BCUT2D eigenvalue weighted by atomic mass is 10.0. The molecule has 2 aromatic heterocycles. The van der Waals surface area contributed by atoms with Crippen LogP contribution in [0.4, 0.5) is 5.82 Å². The molecule has 1 amide bonds. The zero-order valence-electron chi connectivity index (χ0n) is 15.5. The van der Waals surface area contributed by atoms with Gasteiger partial charge in [-0.3, -0.25) is 9.59 Å². The molecule has 6 heteroatoms. The van der Waals surface area contributed by atoms with E-state index in [1.54, 1.807) is 24.3 Å². The molecule has 138 valence electrons. The Balaban J connectivity index is 1.74. The van der Waals surface area contributed by atoms with Gasteiger partial charge in [-0.15, -0.1) is 0 Å². The normalized spacial score (nSPS) is 10.8. The van der Waals surface area contributed by atoms with Crippen LogP contribution in [0.25, 0.3) is 21.9 Å². The molecule has 0 atom stereocenters. The fourth-order valence-electron chi connectivity index (χ4n) is 3.18. The molecule has 0 saturated heterocycles. The Morgan fingerprint density at radius 3 is 2.39 bits per heavy atom. The number of carbonyl (C=O) groups excluding carboxylic acids is 1. The molecule has 4 rings (SSSR count). The minimum absolute atomic E-state index is 0.150. The Morgan fingerprint density at radius 2 is 1.64 bits per heavy atom. The van der Waals surface area contributed by atoms with Gasteiger partial charge in [0.1, 0.15) is 5.82 Å². The summed E-state index contributed by atoms with van der Waals surface area (Å²) in [4.78, 5) is 29.3. The number of nitrogens with one attached hydrogen (secondary N) is 2. The largest absolute Gasteiger partial charge is 0.305 e. The number of fused-ring (bicyclic) bond motifs is 1. The average Bonchev–Trinajstić information content (AvgIpc) is 2.71. The molecule has 4 aromatic rings. The van der Waals surface area contributed by atoms with Crippen molar-refractivity contribution in [3.05, 3.63) is 88.0 Å². The van der Waals surface area contributed by atoms with Crippen LogP contribution in [-0.4, -0.2) is 21.1 Å². The first-order valence-electron chi connectivity index (χ1n) is 8.87. The molecule has 2 aromatic carbocycles. The van der Waals surface area contributed by atoms with Crippen LogP contribution in [0.2, 0.25) is 0 Å². The maximum absolute atomic E-state index is 12.8. The summed E-state index contributed by atoms with van der Waals surface area (Å²) >= 11 is 0. The topological polar surface area (TPSA) is 87.7 Å². The predicted molar refractivity (Wildman–Crippen MR) is 109 cm³/mol. The number of hydrogen-bond acceptors (Lipinski definition) is 4. The summed E-state index contributed by atoms with van der Waals surface area (Å²) in [5.41, 5.74) is 3.75. The van der Waals surface area contributed by atoms with E-state index in [1.807, 2.05) is 50.2 Å². The number of anilines is 1. The Morgan fingerprint density at radius 1 is 0.964 bits per heavy atom. The molecule has 0 radical (unpaired) electrons. The Bertz CT molecular complexity index is 1250. The summed E-state index contributed by atoms with van der Waals surface area (Å²) in [5.74, 6) is 0.00579. The molecule has 2 N–H and O–H groups in total. The molecule has 2 heterocycles. The number of amides is 1. The molecule has 0 fully saturated rings. The van der Waals surface area contributed by atoms with E-state index in [9.17, 15) is 9.59 Å². The van der Waals surface area contributed by atoms with E-state index in [4.69, 9.17) is 0 Å². The molecule has 6 nitrogen and oxygen atoms in total. The number of benzene rings is 2. The maximum Gasteiger partial charge on any atom is 0.277 e. The van der Waals surface area contributed by atoms with Crippen molar-refractivity contribution in [3.63, 3.8) is 0 Å². The van der Waals surface area contributed by atoms with Crippen molar-refractivity contribution in [2.75, 3.05) is 5.32 Å². The van der Waals surface area contributed by atoms with Crippen LogP contribution in [0.15, 0.2) is 65.5 Å². The van der Waals surface area contributed by atoms with Gasteiger partial charge < -0.3 is 5.32 Å². The first-order chi connectivity index (χ1) is 13.5. The number of hydrogen-bond donors (Lipinski definition) is 2. The summed E-state index contributed by atoms with van der Waals surface area (Å²) < 4.78 is 0. The zero-order valence-corrected chi connectivity index (χ0v) is 15.5. The van der Waals surface area contributed by atoms with Crippen LogP contribution in [0.3, 0.4) is 0 Å². The smallest absolute Gasteiger partial charge is 0.277 e. The number of pyridine rings is 1. The van der Waals surface area contributed by atoms with Crippen molar-refractivity contribution < 1.29 is 4.79 Å². The van der Waals surface area contributed by atoms with Gasteiger partial charge in [0.25, 0.3) is 11.5 Å². The van der Waals surface area contributed by atoms with E-state index >= 15 is 0 Å². The van der Waals surface area contributed by atoms with E-state index in [2.05, 4.69) is 20.5 Å². The summed E-state index contributed by atoms with van der Waals surface area (Å²) in [6.07, 6.45) is 0. The number of carbonyl (C=O) groups is 1. The highest BCUT2D eigenvalue weighted by Crippen LogP contribution is 2.27. The summed E-state index contributed by atoms with van der Waals surface area (Å²) in [7, 11) is 0. The van der Waals surface area contributed by atoms with Crippen molar-refractivity contribution in [2.24, 2.45) is 0 Å². The third-order valence-corrected chi connectivity index (χ3v) is 4.75. The lowest BCUT2D eigenvalue weighted by Gasteiger charge is -2.12. The van der Waals surface area contributed by atoms with Gasteiger partial charge in [0.15, 0.2) is 5.69 Å². The minimum Gasteiger partial charge on any atom is -0.305 e. The molecule has 0 saturated carbocycles. The van der Waals surface area contributed by atoms with E-state index in [0.29, 0.717) is 16.6 Å². The van der Waals surface area contributed by atoms with Crippen LogP contribution in [0.1, 0.15) is 21.7 Å². The number of aromatic amines is 1. The van der Waals surface area contributed by atoms with Crippen molar-refractivity contribution in [1.82, 2.24) is 15.2 Å². The van der Waals surface area contributed by atoms with Crippen molar-refractivity contribution in [2.45, 2.75) is 13.8 Å². The molecular formula is C22H18N4O2. The quantitative estimate of drug-likeness (QED) is 0.573. The lowest BCUT2D eigenvalue weighted by molar-refractivity contribution is 0.102. The van der Waals surface area contributed by atoms with Crippen LogP contribution in [-0.2, 0) is 0 Å². The van der Waals surface area contributed by atoms with E-state index in [0.717, 1.165) is 22.4 Å². The van der Waals surface area contributed by atoms with Crippen LogP contribution in [0, 0.1) is 13.8 Å². The van der Waals surface area contributed by atoms with Gasteiger partial charge in [0.05, 0.1) is 5.39 Å². The van der Waals surface area contributed by atoms with Gasteiger partial charge in [0.2, 0.25) is 0 Å². The molecule has 0 aliphatic rings. The van der Waals surface area contributed by atoms with Gasteiger partial charge in [-0.05, 0) is 42.7 Å². The third-order valence-electron chi connectivity index (χ3n) is 4.75. The fourth-order valence-corrected chi connectivity index (χ4v) is 3.18. The molecule has 28 heavy (non-hydrogen) atoms. The number of H-pyrrole nitrogens is 1. The van der Waals surface area contributed by atoms with Crippen LogP contribution < -0.4 is 10.9 Å². The lowest BCUT2D eigenvalue weighted by Crippen LogP contribution is -2.20. The molecule has 0 unspecified atom stereocenters. The predicted octanol–water partition coefficient (Wildman–Crippen LogP) is 3.85. The van der Waals surface area contributed by atoms with Crippen molar-refractivity contribution in [1.29, 1.82) is 0 Å². The number of aromatic nitrogens is 3. The van der Waals surface area contributed by atoms with Gasteiger partial charge in [-0.2, -0.15) is 5.10 Å². The van der Waals surface area contributed by atoms with Gasteiger partial charge in [0, 0.05) is 11.1 Å². The van der Waals surface area contributed by atoms with Crippen molar-refractivity contribution in [3.8, 4) is 11.1 Å². The van der Waals surface area contributed by atoms with Crippen LogP contribution in [0.5, 0.6) is 0 Å². The second-order valence-electron chi connectivity index (χ2n) is 6.53. The Kier molecular flexibility index (Phi) is 4.45. The fraction of sp³-hybridized carbons (Fsp3) is 0.0909. The Hall–Kier alpha value is -3.80. The molecule has 0 spiro atoms. The maximum atomic E-state index is 12.8. The van der Waals surface area contributed by atoms with Gasteiger partial charge >= 0.3 is 0 Å². The summed E-state index contributed by atoms with van der Waals surface area (Å²) in [6, 6.07) is 18.7. The highest BCUT2D eigenvalue weighted by Gasteiger charge is 2.16. The first kappa shape index (κ1) is 17.6. The molecule has 0 bridgehead atoms. The molecule has 0 aliphatic heterocycles. The van der Waals surface area contributed by atoms with E-state index in [1.165, 1.54) is 0 Å². The summed E-state index contributed by atoms with van der Waals surface area (Å²) in [5, 5.41) is 10.1. The number of aryl methyl sites for hydroxylation is 1. The van der Waals surface area contributed by atoms with Crippen molar-refractivity contribution >= 4 is 22.5 Å². The highest BCUT2D eigenvalue weighted by atomic mass is 16.2. The van der Waals surface area contributed by atoms with E-state index < -0.39 is 5.91 Å². The van der Waals surface area contributed by atoms with Crippen LogP contribution >= 0.6 is 0 Å². The highest BCUT2D eigenvalue weighted by molar-refractivity contribution is 6.10. The number of nitrogens with zero attached hydrogens (tertiary/aromatic N) is 2. The van der Waals surface area contributed by atoms with E-state index in [-0.39, 0.29) is 11.3 Å². The number of rotatable bonds is 3. The standard InChI is InChI=1S/C22H18N4O2/c1-13-14(2)23-19(12-18(13)15-8-4-3-5-9-15)24-22(28)20-16-10-6-7-11-17(16)21(27)26-25-20/h3-12H,1-2H3,(H,26,27)(H,23,24,28). The van der Waals surface area contributed by atoms with Gasteiger partial charge in [-0.1, -0.05) is 48.5 Å².